The largest absolute Gasteiger partial charge is 0.462 e. The van der Waals surface area contributed by atoms with Gasteiger partial charge in [0.2, 0.25) is 0 Å². The molecule has 2 aromatic carbocycles. The molecule has 0 radical (unpaired) electrons. The number of likely N-dealkylation sites (N-methyl/N-ethyl adjacent to an activating group) is 2. The third-order valence-corrected chi connectivity index (χ3v) is 17.8. The van der Waals surface area contributed by atoms with Gasteiger partial charge in [-0.1, -0.05) is 23.2 Å². The molecule has 6 aliphatic rings. The Balaban J connectivity index is 0.820. The van der Waals surface area contributed by atoms with Crippen molar-refractivity contribution in [1.29, 1.82) is 0 Å². The summed E-state index contributed by atoms with van der Waals surface area (Å²) in [5.41, 5.74) is -5.99. The molecule has 6 saturated heterocycles. The summed E-state index contributed by atoms with van der Waals surface area (Å²) >= 11 is 13.7. The number of aromatic nitrogens is 6. The van der Waals surface area contributed by atoms with Crippen molar-refractivity contribution in [2.45, 2.75) is 107 Å². The smallest absolute Gasteiger partial charge is 0.418 e. The standard InChI is InChI=1S/C56H61Cl2F9N14O2/c1-25-10-39(68-3)72-49(43(25)55(62,63)64)41-37(57)14-35-47(45(41)60)74-53(76-51(35)80-19-29-6-7-30(20-80)70-29)82-23-33-12-27(17-78(33)4)16-69-40-11-26(2)44(56(65,66)67)50(73-40)42-38(58)15-36-48(46(42)61)75-54(83-24-34-13-28(59)18-79(34)5)77-52(36)81-21-31-8-9-32(22-81)71-31/h10-11,14-15,27-34,70-71H,6-9,12-13,16-24H2,1-5H3,(H,68,72)(H,69,73)/t27?,28-,29?,30?,31?,32?,33+,34+/m1/s1. The molecule has 4 N–H and O–H groups in total. The Bertz CT molecular complexity index is 3490. The lowest BCUT2D eigenvalue weighted by molar-refractivity contribution is -0.138. The lowest BCUT2D eigenvalue weighted by Gasteiger charge is -2.34. The van der Waals surface area contributed by atoms with E-state index in [0.29, 0.717) is 50.8 Å². The molecule has 27 heteroatoms. The van der Waals surface area contributed by atoms with Crippen molar-refractivity contribution in [2.75, 3.05) is 101 Å². The highest BCUT2D eigenvalue weighted by Crippen LogP contribution is 2.48. The maximum absolute atomic E-state index is 17.5. The van der Waals surface area contributed by atoms with Gasteiger partial charge in [-0.05, 0) is 108 Å². The maximum Gasteiger partial charge on any atom is 0.418 e. The molecule has 0 amide bonds. The van der Waals surface area contributed by atoms with Gasteiger partial charge in [0.25, 0.3) is 0 Å². The number of alkyl halides is 7. The van der Waals surface area contributed by atoms with Crippen molar-refractivity contribution < 1.29 is 49.0 Å². The normalized spacial score (nSPS) is 24.9. The number of piperazine rings is 2. The number of hydrogen-bond donors (Lipinski definition) is 4. The molecule has 16 nitrogen and oxygen atoms in total. The maximum atomic E-state index is 17.5. The minimum atomic E-state index is -4.99. The number of ether oxygens (including phenoxy) is 2. The number of likely N-dealkylation sites (tertiary alicyclic amines) is 2. The second-order valence-corrected chi connectivity index (χ2v) is 23.9. The Hall–Kier alpha value is -5.99. The fourth-order valence-corrected chi connectivity index (χ4v) is 13.8. The highest BCUT2D eigenvalue weighted by molar-refractivity contribution is 6.35. The van der Waals surface area contributed by atoms with Gasteiger partial charge >= 0.3 is 24.4 Å². The molecule has 444 valence electrons. The third kappa shape index (κ3) is 11.2. The topological polar surface area (TPSA) is 157 Å². The summed E-state index contributed by atoms with van der Waals surface area (Å²) in [6.07, 6.45) is -6.59. The van der Waals surface area contributed by atoms with Crippen LogP contribution < -0.4 is 40.5 Å². The predicted octanol–water partition coefficient (Wildman–Crippen LogP) is 10.1. The number of hydrogen-bond acceptors (Lipinski definition) is 16. The van der Waals surface area contributed by atoms with Crippen LogP contribution in [-0.2, 0) is 12.4 Å². The zero-order chi connectivity index (χ0) is 58.6. The number of nitrogens with zero attached hydrogens (tertiary/aromatic N) is 10. The molecule has 83 heavy (non-hydrogen) atoms. The molecular formula is C56H61Cl2F9N14O2. The molecule has 6 fully saturated rings. The fraction of sp³-hybridized carbons (Fsp3) is 0.536. The first kappa shape index (κ1) is 57.4. The molecule has 6 aliphatic heterocycles. The Morgan fingerprint density at radius 3 is 1.47 bits per heavy atom. The average Bonchev–Trinajstić information content (AvgIpc) is 2.42. The summed E-state index contributed by atoms with van der Waals surface area (Å²) < 4.78 is 151. The fourth-order valence-electron chi connectivity index (χ4n) is 13.3. The van der Waals surface area contributed by atoms with Crippen LogP contribution in [-0.4, -0.2) is 162 Å². The highest BCUT2D eigenvalue weighted by atomic mass is 35.5. The Morgan fingerprint density at radius 2 is 1.04 bits per heavy atom. The number of fused-ring (bicyclic) bond motifs is 6. The van der Waals surface area contributed by atoms with Crippen LogP contribution in [0.5, 0.6) is 12.0 Å². The minimum Gasteiger partial charge on any atom is -0.462 e. The number of anilines is 4. The molecule has 0 aliphatic carbocycles. The van der Waals surface area contributed by atoms with E-state index in [1.54, 1.807) is 7.05 Å². The van der Waals surface area contributed by atoms with E-state index < -0.39 is 63.8 Å². The predicted molar refractivity (Wildman–Crippen MR) is 299 cm³/mol. The average molecular weight is 1200 g/mol. The van der Waals surface area contributed by atoms with Crippen molar-refractivity contribution in [2.24, 2.45) is 5.92 Å². The summed E-state index contributed by atoms with van der Waals surface area (Å²) in [5, 5.41) is 12.8. The van der Waals surface area contributed by atoms with Gasteiger partial charge in [-0.2, -0.15) is 46.3 Å². The van der Waals surface area contributed by atoms with E-state index in [-0.39, 0.29) is 142 Å². The number of nitrogens with one attached hydrogen (secondary N) is 4. The lowest BCUT2D eigenvalue weighted by Crippen LogP contribution is -2.51. The van der Waals surface area contributed by atoms with E-state index in [1.807, 2.05) is 26.6 Å². The molecule has 8 atom stereocenters. The van der Waals surface area contributed by atoms with Gasteiger partial charge in [0.15, 0.2) is 11.6 Å². The third-order valence-electron chi connectivity index (χ3n) is 17.2. The molecule has 4 bridgehead atoms. The van der Waals surface area contributed by atoms with Crippen molar-refractivity contribution in [1.82, 2.24) is 50.3 Å². The molecular weight excluding hydrogens is 1140 g/mol. The van der Waals surface area contributed by atoms with Crippen LogP contribution in [0.2, 0.25) is 10.0 Å². The van der Waals surface area contributed by atoms with Gasteiger partial charge < -0.3 is 40.5 Å². The van der Waals surface area contributed by atoms with Crippen molar-refractivity contribution in [3.63, 3.8) is 0 Å². The van der Waals surface area contributed by atoms with E-state index in [0.717, 1.165) is 25.7 Å². The van der Waals surface area contributed by atoms with Crippen LogP contribution in [0.4, 0.5) is 62.8 Å². The summed E-state index contributed by atoms with van der Waals surface area (Å²) in [7, 11) is 5.12. The first-order valence-corrected chi connectivity index (χ1v) is 28.5. The van der Waals surface area contributed by atoms with E-state index in [9.17, 15) is 17.6 Å². The van der Waals surface area contributed by atoms with Gasteiger partial charge in [0.05, 0.1) is 43.7 Å². The molecule has 10 heterocycles. The lowest BCUT2D eigenvalue weighted by atomic mass is 9.98. The number of halogens is 11. The van der Waals surface area contributed by atoms with Gasteiger partial charge in [-0.25, -0.2) is 23.1 Å². The molecule has 5 unspecified atom stereocenters. The van der Waals surface area contributed by atoms with Crippen LogP contribution in [0.15, 0.2) is 24.3 Å². The molecule has 0 spiro atoms. The Morgan fingerprint density at radius 1 is 0.602 bits per heavy atom. The van der Waals surface area contributed by atoms with E-state index in [2.05, 4.69) is 41.2 Å². The zero-order valence-corrected chi connectivity index (χ0v) is 47.5. The molecule has 6 aromatic rings. The quantitative estimate of drug-likeness (QED) is 0.0764. The Kier molecular flexibility index (Phi) is 15.3. The summed E-state index contributed by atoms with van der Waals surface area (Å²) in [6.45, 7) is 5.53. The van der Waals surface area contributed by atoms with E-state index in [4.69, 9.17) is 42.6 Å². The SMILES string of the molecule is CNc1cc(C)c(C(F)(F)F)c(-c2c(Cl)cc3c(N4CC5CCC(C4)N5)nc(OC[C@@H]4CC(CNc5cc(C)c(C(F)(F)F)c(-c6c(Cl)cc7c(N8CC9CCC(C8)N9)nc(OC[C@@H]8C[C@@H](F)CN8C)nc7c6F)n5)CN4C)nc3c2F)n1. The van der Waals surface area contributed by atoms with Crippen molar-refractivity contribution >= 4 is 68.3 Å². The number of pyridine rings is 2. The highest BCUT2D eigenvalue weighted by Gasteiger charge is 2.43. The van der Waals surface area contributed by atoms with Crippen LogP contribution >= 0.6 is 23.2 Å². The Labute approximate surface area is 482 Å². The van der Waals surface area contributed by atoms with Crippen molar-refractivity contribution in [3.8, 4) is 34.5 Å². The first-order valence-electron chi connectivity index (χ1n) is 27.8. The van der Waals surface area contributed by atoms with Gasteiger partial charge in [0, 0.05) is 99.9 Å². The van der Waals surface area contributed by atoms with E-state index >= 15 is 22.0 Å². The number of aryl methyl sites for hydroxylation is 2. The van der Waals surface area contributed by atoms with Crippen LogP contribution in [0, 0.1) is 31.4 Å². The summed E-state index contributed by atoms with van der Waals surface area (Å²) in [6, 6.07) is 4.72. The zero-order valence-electron chi connectivity index (χ0n) is 46.0. The monoisotopic (exact) mass is 1200 g/mol. The van der Waals surface area contributed by atoms with Crippen LogP contribution in [0.25, 0.3) is 44.3 Å². The van der Waals surface area contributed by atoms with Gasteiger partial charge in [0.1, 0.15) is 53.7 Å². The van der Waals surface area contributed by atoms with Crippen LogP contribution in [0.1, 0.15) is 60.8 Å². The molecule has 4 aromatic heterocycles. The summed E-state index contributed by atoms with van der Waals surface area (Å²) in [4.78, 5) is 34.8. The number of benzene rings is 2. The van der Waals surface area contributed by atoms with Gasteiger partial charge in [-0.3, -0.25) is 9.80 Å². The van der Waals surface area contributed by atoms with E-state index in [1.165, 1.54) is 45.2 Å². The molecule has 12 rings (SSSR count). The second kappa shape index (κ2) is 22.1. The first-order chi connectivity index (χ1) is 39.5. The second-order valence-electron chi connectivity index (χ2n) is 23.1. The number of rotatable bonds is 14. The summed E-state index contributed by atoms with van der Waals surface area (Å²) in [5.74, 6) is -1.68. The van der Waals surface area contributed by atoms with Crippen LogP contribution in [0.3, 0.4) is 0 Å². The molecule has 0 saturated carbocycles. The van der Waals surface area contributed by atoms with Crippen molar-refractivity contribution in [3.05, 3.63) is 68.2 Å². The van der Waals surface area contributed by atoms with Gasteiger partial charge in [-0.15, -0.1) is 0 Å². The minimum absolute atomic E-state index is 0.00107.